The van der Waals surface area contributed by atoms with Gasteiger partial charge in [-0.05, 0) is 25.1 Å². The second kappa shape index (κ2) is 5.82. The third-order valence-corrected chi connectivity index (χ3v) is 5.17. The number of amides is 1. The van der Waals surface area contributed by atoms with Crippen LogP contribution in [0.1, 0.15) is 16.6 Å². The summed E-state index contributed by atoms with van der Waals surface area (Å²) in [5, 5.41) is 10.6. The fourth-order valence-corrected chi connectivity index (χ4v) is 3.89. The van der Waals surface area contributed by atoms with Crippen LogP contribution in [-0.2, 0) is 6.54 Å². The Kier molecular flexibility index (Phi) is 3.86. The summed E-state index contributed by atoms with van der Waals surface area (Å²) in [5.74, 6) is -0.452. The highest BCUT2D eigenvalue weighted by atomic mass is 32.1. The van der Waals surface area contributed by atoms with Gasteiger partial charge >= 0.3 is 5.00 Å². The van der Waals surface area contributed by atoms with Crippen LogP contribution < -0.4 is 4.80 Å². The minimum Gasteiger partial charge on any atom is -0.317 e. The molecule has 0 unspecified atom stereocenters. The molecule has 0 atom stereocenters. The zero-order valence-electron chi connectivity index (χ0n) is 11.6. The number of hydrogen-bond acceptors (Lipinski definition) is 5. The number of benzene rings is 1. The van der Waals surface area contributed by atoms with Crippen molar-refractivity contribution in [3.63, 3.8) is 0 Å². The van der Waals surface area contributed by atoms with E-state index in [9.17, 15) is 14.9 Å². The van der Waals surface area contributed by atoms with Crippen molar-refractivity contribution in [1.29, 1.82) is 0 Å². The van der Waals surface area contributed by atoms with Crippen LogP contribution in [-0.4, -0.2) is 15.4 Å². The Labute approximate surface area is 133 Å². The molecule has 3 rings (SSSR count). The van der Waals surface area contributed by atoms with Crippen molar-refractivity contribution in [3.8, 4) is 0 Å². The number of thiophene rings is 1. The smallest absolute Gasteiger partial charge is 0.317 e. The molecule has 0 saturated heterocycles. The van der Waals surface area contributed by atoms with E-state index in [1.165, 1.54) is 23.5 Å². The molecule has 2 aromatic heterocycles. The molecular weight excluding hydrogens is 322 g/mol. The van der Waals surface area contributed by atoms with E-state index in [1.807, 2.05) is 35.8 Å². The van der Waals surface area contributed by atoms with Crippen LogP contribution in [0, 0.1) is 10.1 Å². The van der Waals surface area contributed by atoms with E-state index in [4.69, 9.17) is 0 Å². The summed E-state index contributed by atoms with van der Waals surface area (Å²) in [4.78, 5) is 27.4. The molecular formula is C14H11N3O3S2. The monoisotopic (exact) mass is 333 g/mol. The number of aryl methyl sites for hydroxylation is 1. The Morgan fingerprint density at radius 3 is 2.73 bits per heavy atom. The summed E-state index contributed by atoms with van der Waals surface area (Å²) < 4.78 is 3.01. The Morgan fingerprint density at radius 2 is 2.05 bits per heavy atom. The molecule has 22 heavy (non-hydrogen) atoms. The molecule has 0 bridgehead atoms. The molecule has 8 heteroatoms. The van der Waals surface area contributed by atoms with Crippen molar-refractivity contribution in [2.24, 2.45) is 4.99 Å². The summed E-state index contributed by atoms with van der Waals surface area (Å²) >= 11 is 2.27. The zero-order chi connectivity index (χ0) is 15.7. The Hall–Kier alpha value is -2.32. The van der Waals surface area contributed by atoms with Gasteiger partial charge in [0.15, 0.2) is 4.80 Å². The van der Waals surface area contributed by atoms with Crippen molar-refractivity contribution in [3.05, 3.63) is 56.2 Å². The van der Waals surface area contributed by atoms with Crippen molar-refractivity contribution in [2.75, 3.05) is 0 Å². The van der Waals surface area contributed by atoms with Crippen molar-refractivity contribution >= 4 is 43.8 Å². The number of hydrogen-bond donors (Lipinski definition) is 0. The summed E-state index contributed by atoms with van der Waals surface area (Å²) in [6.45, 7) is 2.68. The lowest BCUT2D eigenvalue weighted by Gasteiger charge is -1.98. The van der Waals surface area contributed by atoms with E-state index in [2.05, 4.69) is 4.99 Å². The molecule has 0 N–H and O–H groups in total. The van der Waals surface area contributed by atoms with Gasteiger partial charge in [-0.3, -0.25) is 14.9 Å². The lowest BCUT2D eigenvalue weighted by Crippen LogP contribution is -2.15. The van der Waals surface area contributed by atoms with Gasteiger partial charge in [-0.25, -0.2) is 0 Å². The highest BCUT2D eigenvalue weighted by molar-refractivity contribution is 7.17. The minimum atomic E-state index is -0.507. The van der Waals surface area contributed by atoms with Gasteiger partial charge in [0.05, 0.1) is 15.1 Å². The standard InChI is InChI=1S/C14H11N3O3S2/c1-2-16-9-5-3-4-6-10(9)22-14(16)15-13(18)11-7-8-12(21-11)17(19)20/h3-8H,2H2,1H3. The average molecular weight is 333 g/mol. The number of rotatable bonds is 3. The maximum absolute atomic E-state index is 12.2. The fourth-order valence-electron chi connectivity index (χ4n) is 2.09. The predicted molar refractivity (Wildman–Crippen MR) is 86.4 cm³/mol. The Morgan fingerprint density at radius 1 is 1.27 bits per heavy atom. The van der Waals surface area contributed by atoms with Crippen molar-refractivity contribution in [2.45, 2.75) is 13.5 Å². The van der Waals surface area contributed by atoms with Crippen molar-refractivity contribution < 1.29 is 9.72 Å². The number of carbonyl (C=O) groups is 1. The molecule has 0 aliphatic carbocycles. The minimum absolute atomic E-state index is 0.0572. The topological polar surface area (TPSA) is 77.5 Å². The molecule has 0 saturated carbocycles. The summed E-state index contributed by atoms with van der Waals surface area (Å²) in [5.41, 5.74) is 1.03. The molecule has 112 valence electrons. The third kappa shape index (κ3) is 2.58. The first-order chi connectivity index (χ1) is 10.6. The van der Waals surface area contributed by atoms with Crippen molar-refractivity contribution in [1.82, 2.24) is 4.57 Å². The highest BCUT2D eigenvalue weighted by Crippen LogP contribution is 2.24. The lowest BCUT2D eigenvalue weighted by atomic mass is 10.3. The SMILES string of the molecule is CCn1c(=NC(=O)c2ccc([N+](=O)[O-])s2)sc2ccccc21. The van der Waals surface area contributed by atoms with Gasteiger partial charge in [-0.1, -0.05) is 34.8 Å². The number of para-hydroxylation sites is 1. The van der Waals surface area contributed by atoms with E-state index in [1.54, 1.807) is 0 Å². The molecule has 3 aromatic rings. The zero-order valence-corrected chi connectivity index (χ0v) is 13.2. The van der Waals surface area contributed by atoms with E-state index < -0.39 is 10.8 Å². The van der Waals surface area contributed by atoms with Crippen LogP contribution in [0.2, 0.25) is 0 Å². The second-order valence-corrected chi connectivity index (χ2v) is 6.48. The third-order valence-electron chi connectivity index (χ3n) is 3.08. The first-order valence-electron chi connectivity index (χ1n) is 6.52. The van der Waals surface area contributed by atoms with Gasteiger partial charge in [0.25, 0.3) is 5.91 Å². The first-order valence-corrected chi connectivity index (χ1v) is 8.15. The van der Waals surface area contributed by atoms with E-state index in [-0.39, 0.29) is 9.88 Å². The first kappa shape index (κ1) is 14.6. The van der Waals surface area contributed by atoms with Gasteiger partial charge in [0, 0.05) is 12.6 Å². The van der Waals surface area contributed by atoms with Gasteiger partial charge in [0.2, 0.25) is 0 Å². The Balaban J connectivity index is 2.07. The second-order valence-electron chi connectivity index (χ2n) is 4.41. The summed E-state index contributed by atoms with van der Waals surface area (Å²) in [6.07, 6.45) is 0. The van der Waals surface area contributed by atoms with Gasteiger partial charge in [-0.15, -0.1) is 0 Å². The van der Waals surface area contributed by atoms with E-state index in [0.717, 1.165) is 21.6 Å². The molecule has 0 aliphatic rings. The van der Waals surface area contributed by atoms with Crippen LogP contribution in [0.5, 0.6) is 0 Å². The number of nitro groups is 1. The molecule has 0 spiro atoms. The molecule has 0 fully saturated rings. The summed E-state index contributed by atoms with van der Waals surface area (Å²) in [6, 6.07) is 10.6. The molecule has 6 nitrogen and oxygen atoms in total. The number of nitrogens with zero attached hydrogens (tertiary/aromatic N) is 3. The normalized spacial score (nSPS) is 12.0. The van der Waals surface area contributed by atoms with E-state index in [0.29, 0.717) is 11.3 Å². The maximum atomic E-state index is 12.2. The Bertz CT molecular complexity index is 936. The molecule has 1 amide bonds. The van der Waals surface area contributed by atoms with Crippen LogP contribution in [0.4, 0.5) is 5.00 Å². The van der Waals surface area contributed by atoms with Crippen LogP contribution in [0.25, 0.3) is 10.2 Å². The fraction of sp³-hybridized carbons (Fsp3) is 0.143. The number of carbonyl (C=O) groups excluding carboxylic acids is 1. The maximum Gasteiger partial charge on any atom is 0.324 e. The van der Waals surface area contributed by atoms with Crippen LogP contribution in [0.3, 0.4) is 0 Å². The molecule has 1 aromatic carbocycles. The van der Waals surface area contributed by atoms with Gasteiger partial charge < -0.3 is 4.57 Å². The van der Waals surface area contributed by atoms with Gasteiger partial charge in [-0.2, -0.15) is 4.99 Å². The molecule has 0 aliphatic heterocycles. The summed E-state index contributed by atoms with van der Waals surface area (Å²) in [7, 11) is 0. The predicted octanol–water partition coefficient (Wildman–Crippen LogP) is 3.43. The van der Waals surface area contributed by atoms with Crippen LogP contribution in [0.15, 0.2) is 41.4 Å². The quantitative estimate of drug-likeness (QED) is 0.544. The number of fused-ring (bicyclic) bond motifs is 1. The van der Waals surface area contributed by atoms with Crippen LogP contribution >= 0.6 is 22.7 Å². The molecule has 2 heterocycles. The molecule has 0 radical (unpaired) electrons. The average Bonchev–Trinajstić information content (AvgIpc) is 3.11. The van der Waals surface area contributed by atoms with Gasteiger partial charge in [0.1, 0.15) is 4.88 Å². The van der Waals surface area contributed by atoms with E-state index >= 15 is 0 Å². The highest BCUT2D eigenvalue weighted by Gasteiger charge is 2.15. The number of thiazole rings is 1. The lowest BCUT2D eigenvalue weighted by molar-refractivity contribution is -0.380. The largest absolute Gasteiger partial charge is 0.324 e. The number of aromatic nitrogens is 1.